The van der Waals surface area contributed by atoms with E-state index in [-0.39, 0.29) is 22.8 Å². The van der Waals surface area contributed by atoms with E-state index in [0.717, 1.165) is 0 Å². The van der Waals surface area contributed by atoms with Crippen molar-refractivity contribution < 1.29 is 36.2 Å². The van der Waals surface area contributed by atoms with E-state index in [2.05, 4.69) is 0 Å². The average molecular weight is 467 g/mol. The number of carbonyl (C=O) groups excluding carboxylic acids is 1. The summed E-state index contributed by atoms with van der Waals surface area (Å²) in [6, 6.07) is 9.48. The highest BCUT2D eigenvalue weighted by atomic mass is 35.5. The molecule has 0 spiro atoms. The quantitative estimate of drug-likeness (QED) is 0.189. The van der Waals surface area contributed by atoms with E-state index in [1.54, 1.807) is 24.3 Å². The summed E-state index contributed by atoms with van der Waals surface area (Å²) in [6.07, 6.45) is 1.50. The van der Waals surface area contributed by atoms with Crippen LogP contribution in [0.25, 0.3) is 6.08 Å². The van der Waals surface area contributed by atoms with Crippen molar-refractivity contribution in [2.75, 3.05) is 0 Å². The van der Waals surface area contributed by atoms with Crippen molar-refractivity contribution in [3.8, 4) is 11.5 Å². The molecule has 0 radical (unpaired) electrons. The first kappa shape index (κ1) is 21.8. The molecule has 1 heterocycles. The van der Waals surface area contributed by atoms with Gasteiger partial charge in [0.2, 0.25) is 11.6 Å². The minimum atomic E-state index is -2.25. The molecule has 0 atom stereocenters. The number of halogens is 6. The molecule has 3 nitrogen and oxygen atoms in total. The molecule has 0 aliphatic carbocycles. The highest BCUT2D eigenvalue weighted by Gasteiger charge is 2.31. The maximum absolute atomic E-state index is 13.9. The van der Waals surface area contributed by atoms with Crippen LogP contribution in [0, 0.1) is 36.0 Å². The third-order valence-corrected chi connectivity index (χ3v) is 5.09. The fourth-order valence-corrected chi connectivity index (χ4v) is 3.40. The molecular weight excluding hydrogens is 455 g/mol. The second kappa shape index (κ2) is 8.27. The lowest BCUT2D eigenvalue weighted by Gasteiger charge is -2.13. The molecule has 164 valence electrons. The van der Waals surface area contributed by atoms with Gasteiger partial charge in [0.15, 0.2) is 29.0 Å². The Hall–Kier alpha value is -3.39. The number of carbonyl (C=O) groups is 1. The lowest BCUT2D eigenvalue weighted by atomic mass is 10.1. The first-order valence-corrected chi connectivity index (χ1v) is 9.53. The van der Waals surface area contributed by atoms with E-state index in [1.165, 1.54) is 25.1 Å². The van der Waals surface area contributed by atoms with Crippen molar-refractivity contribution in [1.29, 1.82) is 0 Å². The van der Waals surface area contributed by atoms with Crippen molar-refractivity contribution in [1.82, 2.24) is 0 Å². The molecule has 1 aliphatic rings. The van der Waals surface area contributed by atoms with Gasteiger partial charge in [-0.2, -0.15) is 0 Å². The second-order valence-corrected chi connectivity index (χ2v) is 7.33. The Bertz CT molecular complexity index is 1270. The summed E-state index contributed by atoms with van der Waals surface area (Å²) in [5, 5.41) is 0.474. The molecule has 0 saturated carbocycles. The van der Waals surface area contributed by atoms with Crippen LogP contribution in [0.3, 0.4) is 0 Å². The van der Waals surface area contributed by atoms with Crippen LogP contribution in [0.4, 0.5) is 22.0 Å². The van der Waals surface area contributed by atoms with Crippen LogP contribution in [0.15, 0.2) is 42.2 Å². The van der Waals surface area contributed by atoms with E-state index >= 15 is 0 Å². The summed E-state index contributed by atoms with van der Waals surface area (Å²) >= 11 is 5.94. The highest BCUT2D eigenvalue weighted by molar-refractivity contribution is 6.30. The van der Waals surface area contributed by atoms with E-state index in [1.807, 2.05) is 0 Å². The van der Waals surface area contributed by atoms with Gasteiger partial charge in [-0.3, -0.25) is 4.79 Å². The Labute approximate surface area is 183 Å². The minimum absolute atomic E-state index is 0.0299. The first-order valence-electron chi connectivity index (χ1n) is 9.15. The number of Topliss-reactive ketones (excluding diaryl/α,β-unsaturated/α-hetero) is 1. The van der Waals surface area contributed by atoms with Crippen molar-refractivity contribution in [3.05, 3.63) is 98.5 Å². The minimum Gasteiger partial charge on any atom is -0.488 e. The van der Waals surface area contributed by atoms with Gasteiger partial charge in [0.25, 0.3) is 0 Å². The summed E-state index contributed by atoms with van der Waals surface area (Å²) in [6.45, 7) is 0.604. The summed E-state index contributed by atoms with van der Waals surface area (Å²) in [5.74, 6) is -10.5. The largest absolute Gasteiger partial charge is 0.488 e. The number of fused-ring (bicyclic) bond motifs is 1. The molecule has 32 heavy (non-hydrogen) atoms. The van der Waals surface area contributed by atoms with Gasteiger partial charge < -0.3 is 9.47 Å². The topological polar surface area (TPSA) is 35.5 Å². The predicted molar refractivity (Wildman–Crippen MR) is 106 cm³/mol. The zero-order valence-corrected chi connectivity index (χ0v) is 17.0. The van der Waals surface area contributed by atoms with Crippen LogP contribution in [-0.2, 0) is 6.61 Å². The van der Waals surface area contributed by atoms with Crippen molar-refractivity contribution in [3.63, 3.8) is 0 Å². The molecule has 0 N–H and O–H groups in total. The highest BCUT2D eigenvalue weighted by Crippen LogP contribution is 2.39. The average Bonchev–Trinajstić information content (AvgIpc) is 3.08. The zero-order chi connectivity index (χ0) is 23.2. The van der Waals surface area contributed by atoms with E-state index in [9.17, 15) is 26.7 Å². The lowest BCUT2D eigenvalue weighted by Crippen LogP contribution is -2.10. The fourth-order valence-electron chi connectivity index (χ4n) is 3.20. The number of benzene rings is 3. The van der Waals surface area contributed by atoms with Crippen LogP contribution in [-0.4, -0.2) is 5.78 Å². The Morgan fingerprint density at radius 1 is 0.969 bits per heavy atom. The lowest BCUT2D eigenvalue weighted by molar-refractivity contribution is 0.101. The van der Waals surface area contributed by atoms with Crippen molar-refractivity contribution in [2.45, 2.75) is 13.5 Å². The van der Waals surface area contributed by atoms with Gasteiger partial charge in [0, 0.05) is 10.6 Å². The molecule has 9 heteroatoms. The van der Waals surface area contributed by atoms with E-state index in [0.29, 0.717) is 16.1 Å². The van der Waals surface area contributed by atoms with Crippen LogP contribution in [0.2, 0.25) is 5.02 Å². The maximum atomic E-state index is 13.9. The molecule has 0 aromatic heterocycles. The normalized spacial score (nSPS) is 14.0. The molecule has 0 unspecified atom stereocenters. The van der Waals surface area contributed by atoms with Crippen LogP contribution >= 0.6 is 11.6 Å². The van der Waals surface area contributed by atoms with Gasteiger partial charge in [-0.25, -0.2) is 22.0 Å². The van der Waals surface area contributed by atoms with Gasteiger partial charge in [-0.05, 0) is 42.8 Å². The zero-order valence-electron chi connectivity index (χ0n) is 16.2. The smallest absolute Gasteiger partial charge is 0.231 e. The molecule has 0 saturated heterocycles. The molecule has 0 bridgehead atoms. The molecule has 0 fully saturated rings. The van der Waals surface area contributed by atoms with Crippen LogP contribution < -0.4 is 9.47 Å². The summed E-state index contributed by atoms with van der Waals surface area (Å²) in [4.78, 5) is 12.6. The van der Waals surface area contributed by atoms with Gasteiger partial charge in [-0.15, -0.1) is 0 Å². The number of rotatable bonds is 4. The number of hydrogen-bond acceptors (Lipinski definition) is 3. The van der Waals surface area contributed by atoms with Gasteiger partial charge in [0.1, 0.15) is 18.1 Å². The maximum Gasteiger partial charge on any atom is 0.231 e. The number of allylic oxidation sites excluding steroid dienone is 1. The third-order valence-electron chi connectivity index (χ3n) is 4.86. The van der Waals surface area contributed by atoms with E-state index in [4.69, 9.17) is 21.1 Å². The molecular formula is C23H12ClF5O3. The third kappa shape index (κ3) is 3.71. The Balaban J connectivity index is 1.62. The van der Waals surface area contributed by atoms with Gasteiger partial charge in [0.05, 0.1) is 11.1 Å². The van der Waals surface area contributed by atoms with Crippen LogP contribution in [0.1, 0.15) is 27.0 Å². The summed E-state index contributed by atoms with van der Waals surface area (Å²) in [5.41, 5.74) is 0.0718. The summed E-state index contributed by atoms with van der Waals surface area (Å²) in [7, 11) is 0. The Kier molecular flexibility index (Phi) is 5.64. The monoisotopic (exact) mass is 466 g/mol. The van der Waals surface area contributed by atoms with Crippen molar-refractivity contribution >= 4 is 23.5 Å². The molecule has 1 aliphatic heterocycles. The second-order valence-electron chi connectivity index (χ2n) is 6.90. The first-order chi connectivity index (χ1) is 15.2. The molecule has 3 aromatic rings. The van der Waals surface area contributed by atoms with Crippen molar-refractivity contribution in [2.24, 2.45) is 0 Å². The molecule has 0 amide bonds. The SMILES string of the molecule is Cc1c(OCc2c(F)c(F)c(F)c(F)c2F)ccc2c1O/C(=C\c1cccc(Cl)c1)C2=O. The Morgan fingerprint density at radius 3 is 2.28 bits per heavy atom. The van der Waals surface area contributed by atoms with E-state index < -0.39 is 47.0 Å². The Morgan fingerprint density at radius 2 is 1.62 bits per heavy atom. The molecule has 3 aromatic carbocycles. The predicted octanol–water partition coefficient (Wildman–Crippen LogP) is 6.54. The fraction of sp³-hybridized carbons (Fsp3) is 0.0870. The molecule has 4 rings (SSSR count). The number of hydrogen-bond donors (Lipinski definition) is 0. The van der Waals surface area contributed by atoms with Gasteiger partial charge >= 0.3 is 0 Å². The number of ether oxygens (including phenoxy) is 2. The summed E-state index contributed by atoms with van der Waals surface area (Å²) < 4.78 is 78.7. The van der Waals surface area contributed by atoms with Gasteiger partial charge in [-0.1, -0.05) is 23.7 Å². The van der Waals surface area contributed by atoms with Crippen LogP contribution in [0.5, 0.6) is 11.5 Å². The standard InChI is InChI=1S/C23H12ClF5O3/c1-10-15(31-9-14-17(25)19(27)21(29)20(28)18(14)26)6-5-13-22(30)16(32-23(10)13)8-11-3-2-4-12(24)7-11/h2-8H,9H2,1H3/b16-8-. The number of ketones is 1.